The van der Waals surface area contributed by atoms with Crippen molar-refractivity contribution in [3.63, 3.8) is 0 Å². The standard InChI is InChI=1S/C13H18N2O3S/c16-6-8-18-10-9-17-7-5-14-13-15-11-3-1-2-4-12(11)19-13/h1-4,16H,5-10H2,(H,14,15). The van der Waals surface area contributed by atoms with Crippen LogP contribution in [-0.2, 0) is 9.47 Å². The monoisotopic (exact) mass is 282 g/mol. The molecule has 1 aromatic heterocycles. The van der Waals surface area contributed by atoms with E-state index in [9.17, 15) is 0 Å². The molecule has 2 N–H and O–H groups in total. The molecule has 0 bridgehead atoms. The summed E-state index contributed by atoms with van der Waals surface area (Å²) in [6, 6.07) is 8.07. The largest absolute Gasteiger partial charge is 0.394 e. The van der Waals surface area contributed by atoms with Crippen molar-refractivity contribution < 1.29 is 14.6 Å². The second kappa shape index (κ2) is 8.06. The molecule has 104 valence electrons. The molecule has 0 spiro atoms. The SMILES string of the molecule is OCCOCCOCCNc1nc2ccccc2s1. The summed E-state index contributed by atoms with van der Waals surface area (Å²) in [5.41, 5.74) is 1.02. The van der Waals surface area contributed by atoms with Crippen molar-refractivity contribution in [1.29, 1.82) is 0 Å². The highest BCUT2D eigenvalue weighted by molar-refractivity contribution is 7.22. The molecule has 2 aromatic rings. The number of rotatable bonds is 9. The van der Waals surface area contributed by atoms with Crippen LogP contribution in [0.2, 0.25) is 0 Å². The molecule has 0 aliphatic heterocycles. The van der Waals surface area contributed by atoms with Gasteiger partial charge in [0.2, 0.25) is 0 Å². The van der Waals surface area contributed by atoms with Crippen LogP contribution in [0.1, 0.15) is 0 Å². The highest BCUT2D eigenvalue weighted by Gasteiger charge is 2.01. The van der Waals surface area contributed by atoms with E-state index in [1.807, 2.05) is 18.2 Å². The van der Waals surface area contributed by atoms with Crippen LogP contribution in [0, 0.1) is 0 Å². The molecule has 1 heterocycles. The fourth-order valence-corrected chi connectivity index (χ4v) is 2.46. The van der Waals surface area contributed by atoms with Gasteiger partial charge in [-0.25, -0.2) is 4.98 Å². The normalized spacial score (nSPS) is 11.0. The van der Waals surface area contributed by atoms with E-state index in [1.165, 1.54) is 4.70 Å². The molecule has 0 saturated carbocycles. The molecule has 6 heteroatoms. The number of ether oxygens (including phenoxy) is 2. The average Bonchev–Trinajstić information content (AvgIpc) is 2.84. The third-order valence-electron chi connectivity index (χ3n) is 2.42. The van der Waals surface area contributed by atoms with Gasteiger partial charge in [-0.2, -0.15) is 0 Å². The summed E-state index contributed by atoms with van der Waals surface area (Å²) in [6.07, 6.45) is 0. The number of benzene rings is 1. The minimum Gasteiger partial charge on any atom is -0.394 e. The summed E-state index contributed by atoms with van der Waals surface area (Å²) >= 11 is 1.64. The van der Waals surface area contributed by atoms with Gasteiger partial charge < -0.3 is 19.9 Å². The van der Waals surface area contributed by atoms with Gasteiger partial charge in [0.05, 0.1) is 43.3 Å². The lowest BCUT2D eigenvalue weighted by Crippen LogP contribution is -2.13. The van der Waals surface area contributed by atoms with E-state index in [4.69, 9.17) is 14.6 Å². The van der Waals surface area contributed by atoms with Gasteiger partial charge in [0.25, 0.3) is 0 Å². The zero-order chi connectivity index (χ0) is 13.3. The Morgan fingerprint density at radius 1 is 1.11 bits per heavy atom. The number of hydrogen-bond donors (Lipinski definition) is 2. The van der Waals surface area contributed by atoms with E-state index >= 15 is 0 Å². The van der Waals surface area contributed by atoms with E-state index in [0.29, 0.717) is 26.4 Å². The van der Waals surface area contributed by atoms with Crippen LogP contribution < -0.4 is 5.32 Å². The first-order chi connectivity index (χ1) is 9.40. The molecule has 2 rings (SSSR count). The van der Waals surface area contributed by atoms with Crippen molar-refractivity contribution >= 4 is 26.7 Å². The number of aliphatic hydroxyl groups excluding tert-OH is 1. The lowest BCUT2D eigenvalue weighted by atomic mass is 10.3. The van der Waals surface area contributed by atoms with Crippen LogP contribution in [-0.4, -0.2) is 49.7 Å². The minimum absolute atomic E-state index is 0.0547. The van der Waals surface area contributed by atoms with E-state index in [-0.39, 0.29) is 6.61 Å². The molecule has 0 saturated heterocycles. The van der Waals surface area contributed by atoms with Crippen LogP contribution in [0.3, 0.4) is 0 Å². The third kappa shape index (κ3) is 4.76. The second-order valence-electron chi connectivity index (χ2n) is 3.86. The second-order valence-corrected chi connectivity index (χ2v) is 4.89. The summed E-state index contributed by atoms with van der Waals surface area (Å²) in [7, 11) is 0. The number of aromatic nitrogens is 1. The fraction of sp³-hybridized carbons (Fsp3) is 0.462. The van der Waals surface area contributed by atoms with Gasteiger partial charge >= 0.3 is 0 Å². The lowest BCUT2D eigenvalue weighted by Gasteiger charge is -2.05. The zero-order valence-corrected chi connectivity index (χ0v) is 11.5. The van der Waals surface area contributed by atoms with Gasteiger partial charge in [-0.05, 0) is 12.1 Å². The summed E-state index contributed by atoms with van der Waals surface area (Å²) in [5, 5.41) is 12.7. The first kappa shape index (κ1) is 14.2. The van der Waals surface area contributed by atoms with Gasteiger partial charge in [0.1, 0.15) is 0 Å². The third-order valence-corrected chi connectivity index (χ3v) is 3.42. The van der Waals surface area contributed by atoms with Gasteiger partial charge in [-0.15, -0.1) is 0 Å². The first-order valence-electron chi connectivity index (χ1n) is 6.26. The van der Waals surface area contributed by atoms with E-state index in [1.54, 1.807) is 11.3 Å². The highest BCUT2D eigenvalue weighted by atomic mass is 32.1. The lowest BCUT2D eigenvalue weighted by molar-refractivity contribution is 0.0361. The quantitative estimate of drug-likeness (QED) is 0.686. The number of fused-ring (bicyclic) bond motifs is 1. The van der Waals surface area contributed by atoms with Crippen LogP contribution >= 0.6 is 11.3 Å². The number of thiazole rings is 1. The Morgan fingerprint density at radius 3 is 2.68 bits per heavy atom. The molecule has 0 fully saturated rings. The minimum atomic E-state index is 0.0547. The molecule has 0 amide bonds. The Balaban J connectivity index is 1.60. The maximum absolute atomic E-state index is 8.51. The summed E-state index contributed by atoms with van der Waals surface area (Å²) < 4.78 is 11.6. The molecular weight excluding hydrogens is 264 g/mol. The number of anilines is 1. The first-order valence-corrected chi connectivity index (χ1v) is 7.07. The Bertz CT molecular complexity index is 456. The predicted octanol–water partition coefficient (Wildman–Crippen LogP) is 1.73. The number of para-hydroxylation sites is 1. The number of hydrogen-bond acceptors (Lipinski definition) is 6. The maximum atomic E-state index is 8.51. The smallest absolute Gasteiger partial charge is 0.183 e. The summed E-state index contributed by atoms with van der Waals surface area (Å²) in [6.45, 7) is 2.81. The van der Waals surface area contributed by atoms with Crippen LogP contribution in [0.4, 0.5) is 5.13 Å². The topological polar surface area (TPSA) is 63.6 Å². The van der Waals surface area contributed by atoms with E-state index in [0.717, 1.165) is 17.2 Å². The molecule has 0 aliphatic carbocycles. The van der Waals surface area contributed by atoms with Crippen LogP contribution in [0.25, 0.3) is 10.2 Å². The average molecular weight is 282 g/mol. The summed E-state index contributed by atoms with van der Waals surface area (Å²) in [5.74, 6) is 0. The van der Waals surface area contributed by atoms with Crippen molar-refractivity contribution in [2.24, 2.45) is 0 Å². The van der Waals surface area contributed by atoms with Gasteiger partial charge in [0.15, 0.2) is 5.13 Å². The molecule has 0 unspecified atom stereocenters. The Hall–Kier alpha value is -1.21. The molecule has 19 heavy (non-hydrogen) atoms. The molecule has 5 nitrogen and oxygen atoms in total. The highest BCUT2D eigenvalue weighted by Crippen LogP contribution is 2.24. The van der Waals surface area contributed by atoms with E-state index in [2.05, 4.69) is 16.4 Å². The Morgan fingerprint density at radius 2 is 1.89 bits per heavy atom. The summed E-state index contributed by atoms with van der Waals surface area (Å²) in [4.78, 5) is 4.47. The van der Waals surface area contributed by atoms with Crippen molar-refractivity contribution in [2.45, 2.75) is 0 Å². The van der Waals surface area contributed by atoms with Crippen LogP contribution in [0.5, 0.6) is 0 Å². The number of nitrogens with zero attached hydrogens (tertiary/aromatic N) is 1. The van der Waals surface area contributed by atoms with Gasteiger partial charge in [-0.1, -0.05) is 23.5 Å². The number of nitrogens with one attached hydrogen (secondary N) is 1. The van der Waals surface area contributed by atoms with Crippen molar-refractivity contribution in [1.82, 2.24) is 4.98 Å². The Labute approximate surface area is 116 Å². The van der Waals surface area contributed by atoms with Crippen LogP contribution in [0.15, 0.2) is 24.3 Å². The van der Waals surface area contributed by atoms with Crippen molar-refractivity contribution in [2.75, 3.05) is 44.9 Å². The predicted molar refractivity (Wildman–Crippen MR) is 76.8 cm³/mol. The fourth-order valence-electron chi connectivity index (χ4n) is 1.56. The number of aliphatic hydroxyl groups is 1. The molecule has 1 aromatic carbocycles. The van der Waals surface area contributed by atoms with E-state index < -0.39 is 0 Å². The maximum Gasteiger partial charge on any atom is 0.183 e. The van der Waals surface area contributed by atoms with Gasteiger partial charge in [-0.3, -0.25) is 0 Å². The molecular formula is C13H18N2O3S. The molecule has 0 atom stereocenters. The molecule has 0 aliphatic rings. The molecule has 0 radical (unpaired) electrons. The zero-order valence-electron chi connectivity index (χ0n) is 10.7. The van der Waals surface area contributed by atoms with Gasteiger partial charge in [0, 0.05) is 6.54 Å². The Kier molecular flexibility index (Phi) is 6.03. The van der Waals surface area contributed by atoms with Crippen molar-refractivity contribution in [3.8, 4) is 0 Å². The van der Waals surface area contributed by atoms with Crippen molar-refractivity contribution in [3.05, 3.63) is 24.3 Å².